The van der Waals surface area contributed by atoms with Crippen molar-refractivity contribution >= 4 is 6.47 Å². The number of morpholine rings is 1. The van der Waals surface area contributed by atoms with Crippen LogP contribution >= 0.6 is 0 Å². The summed E-state index contributed by atoms with van der Waals surface area (Å²) in [7, 11) is 0. The summed E-state index contributed by atoms with van der Waals surface area (Å²) < 4.78 is 37.0. The van der Waals surface area contributed by atoms with Gasteiger partial charge >= 0.3 is 18.9 Å². The largest absolute Gasteiger partial charge is 1.00 e. The van der Waals surface area contributed by atoms with E-state index in [9.17, 15) is 18.4 Å². The van der Waals surface area contributed by atoms with Crippen LogP contribution in [0.5, 0.6) is 0 Å². The van der Waals surface area contributed by atoms with Crippen LogP contribution in [0.2, 0.25) is 0 Å². The van der Waals surface area contributed by atoms with E-state index in [4.69, 9.17) is 4.74 Å². The van der Waals surface area contributed by atoms with Crippen molar-refractivity contribution in [2.24, 2.45) is 0 Å². The van der Waals surface area contributed by atoms with Crippen molar-refractivity contribution in [1.82, 2.24) is 9.88 Å². The van der Waals surface area contributed by atoms with Crippen molar-refractivity contribution < 1.29 is 41.9 Å². The molecule has 1 N–H and O–H groups in total. The third-order valence-corrected chi connectivity index (χ3v) is 4.09. The quantitative estimate of drug-likeness (QED) is 0.526. The van der Waals surface area contributed by atoms with Gasteiger partial charge in [0.1, 0.15) is 0 Å². The van der Waals surface area contributed by atoms with E-state index >= 15 is 0 Å². The Balaban J connectivity index is 0.000000846. The second-order valence-electron chi connectivity index (χ2n) is 7.54. The average Bonchev–Trinajstić information content (AvgIpc) is 2.63. The topological polar surface area (TPSA) is 71.6 Å². The molecule has 2 rings (SSSR count). The maximum atomic E-state index is 13.7. The SMILES string of the molecule is CC(C)(C)O[C-]=O.[CH2-]CC(F)(F)C([CH2-])c1c[nH]c(=O)c(CN2CCOCC2)c1.[Li+]. The Morgan fingerprint density at radius 2 is 1.93 bits per heavy atom. The van der Waals surface area contributed by atoms with E-state index in [0.29, 0.717) is 30.9 Å². The minimum absolute atomic E-state index is 0. The van der Waals surface area contributed by atoms with Crippen molar-refractivity contribution in [3.63, 3.8) is 0 Å². The molecule has 0 radical (unpaired) electrons. The van der Waals surface area contributed by atoms with E-state index in [2.05, 4.69) is 28.5 Å². The van der Waals surface area contributed by atoms with E-state index in [-0.39, 0.29) is 30.0 Å². The fourth-order valence-corrected chi connectivity index (χ4v) is 2.41. The average molecular weight is 406 g/mol. The Hall–Kier alpha value is -1.20. The van der Waals surface area contributed by atoms with Crippen molar-refractivity contribution in [2.45, 2.75) is 51.2 Å². The molecular formula is C20H29F2LiN2O4-2. The molecule has 1 atom stereocenters. The summed E-state index contributed by atoms with van der Waals surface area (Å²) in [5.74, 6) is -4.22. The molecule has 1 unspecified atom stereocenters. The van der Waals surface area contributed by atoms with E-state index in [1.54, 1.807) is 20.8 Å². The number of ether oxygens (including phenoxy) is 2. The molecule has 1 aromatic rings. The number of carbonyl (C=O) groups excluding carboxylic acids is 1. The smallest absolute Gasteiger partial charge is 0.649 e. The maximum absolute atomic E-state index is 13.7. The van der Waals surface area contributed by atoms with Crippen molar-refractivity contribution in [3.05, 3.63) is 47.6 Å². The first kappa shape index (κ1) is 27.8. The van der Waals surface area contributed by atoms with E-state index in [1.807, 2.05) is 0 Å². The Kier molecular flexibility index (Phi) is 12.0. The third-order valence-electron chi connectivity index (χ3n) is 4.09. The number of nitrogens with one attached hydrogen (secondary N) is 1. The van der Waals surface area contributed by atoms with Gasteiger partial charge in [0.2, 0.25) is 5.92 Å². The molecular weight excluding hydrogens is 377 g/mol. The van der Waals surface area contributed by atoms with Crippen LogP contribution in [0.25, 0.3) is 0 Å². The predicted octanol–water partition coefficient (Wildman–Crippen LogP) is -0.143. The molecule has 0 aliphatic carbocycles. The van der Waals surface area contributed by atoms with Crippen LogP contribution in [0.15, 0.2) is 17.1 Å². The molecule has 1 fully saturated rings. The van der Waals surface area contributed by atoms with E-state index in [1.165, 1.54) is 18.7 Å². The fourth-order valence-electron chi connectivity index (χ4n) is 2.41. The summed E-state index contributed by atoms with van der Waals surface area (Å²) >= 11 is 0. The number of aromatic amines is 1. The summed E-state index contributed by atoms with van der Waals surface area (Å²) in [4.78, 5) is 25.9. The molecule has 0 aromatic carbocycles. The molecule has 0 spiro atoms. The van der Waals surface area contributed by atoms with Crippen molar-refractivity contribution in [2.75, 3.05) is 26.3 Å². The van der Waals surface area contributed by atoms with Crippen LogP contribution < -0.4 is 24.4 Å². The van der Waals surface area contributed by atoms with Gasteiger partial charge < -0.3 is 33.1 Å². The summed E-state index contributed by atoms with van der Waals surface area (Å²) in [6, 6.07) is 1.52. The number of hydrogen-bond acceptors (Lipinski definition) is 5. The van der Waals surface area contributed by atoms with Crippen LogP contribution in [0, 0.1) is 13.8 Å². The number of H-pyrrole nitrogens is 1. The summed E-state index contributed by atoms with van der Waals surface area (Å²) in [5, 5.41) is 0. The molecule has 0 amide bonds. The maximum Gasteiger partial charge on any atom is 1.00 e. The van der Waals surface area contributed by atoms with Gasteiger partial charge in [-0.05, 0) is 26.8 Å². The second kappa shape index (κ2) is 12.5. The number of rotatable bonds is 6. The first-order valence-electron chi connectivity index (χ1n) is 9.07. The van der Waals surface area contributed by atoms with Crippen LogP contribution in [0.1, 0.15) is 44.2 Å². The molecule has 9 heteroatoms. The zero-order chi connectivity index (χ0) is 21.4. The molecule has 6 nitrogen and oxygen atoms in total. The number of alkyl halides is 2. The minimum atomic E-state index is -2.99. The Labute approximate surface area is 183 Å². The van der Waals surface area contributed by atoms with E-state index in [0.717, 1.165) is 13.1 Å². The summed E-state index contributed by atoms with van der Waals surface area (Å²) in [5.41, 5.74) is 0.173. The molecule has 2 heterocycles. The monoisotopic (exact) mass is 406 g/mol. The first-order valence-corrected chi connectivity index (χ1v) is 9.07. The van der Waals surface area contributed by atoms with Gasteiger partial charge in [0.05, 0.1) is 18.8 Å². The molecule has 29 heavy (non-hydrogen) atoms. The van der Waals surface area contributed by atoms with Gasteiger partial charge in [-0.2, -0.15) is 0 Å². The van der Waals surface area contributed by atoms with Crippen LogP contribution in [-0.4, -0.2) is 54.2 Å². The number of hydrogen-bond donors (Lipinski definition) is 1. The van der Waals surface area contributed by atoms with Crippen molar-refractivity contribution in [3.8, 4) is 0 Å². The number of pyridine rings is 1. The number of aromatic nitrogens is 1. The molecule has 1 aromatic heterocycles. The van der Waals surface area contributed by atoms with Crippen LogP contribution in [0.4, 0.5) is 8.78 Å². The summed E-state index contributed by atoms with van der Waals surface area (Å²) in [6.07, 6.45) is 0.783. The van der Waals surface area contributed by atoms with Gasteiger partial charge in [0.15, 0.2) is 0 Å². The Morgan fingerprint density at radius 3 is 2.38 bits per heavy atom. The molecule has 160 valence electrons. The number of halogens is 2. The summed E-state index contributed by atoms with van der Waals surface area (Å²) in [6.45, 7) is 16.6. The molecule has 1 aliphatic rings. The normalized spacial score (nSPS) is 16.1. The Bertz CT molecular complexity index is 671. The Morgan fingerprint density at radius 1 is 1.34 bits per heavy atom. The molecule has 1 saturated heterocycles. The first-order chi connectivity index (χ1) is 13.0. The van der Waals surface area contributed by atoms with Crippen molar-refractivity contribution in [1.29, 1.82) is 0 Å². The molecule has 0 saturated carbocycles. The zero-order valence-electron chi connectivity index (χ0n) is 17.7. The zero-order valence-corrected chi connectivity index (χ0v) is 17.7. The van der Waals surface area contributed by atoms with Gasteiger partial charge in [0, 0.05) is 31.4 Å². The van der Waals surface area contributed by atoms with Gasteiger partial charge in [-0.1, -0.05) is 18.0 Å². The van der Waals surface area contributed by atoms with Gasteiger partial charge in [0.25, 0.3) is 5.56 Å². The molecule has 1 aliphatic heterocycles. The van der Waals surface area contributed by atoms with Crippen LogP contribution in [-0.2, 0) is 20.8 Å². The second-order valence-corrected chi connectivity index (χ2v) is 7.54. The van der Waals surface area contributed by atoms with Gasteiger partial charge in [-0.15, -0.1) is 6.42 Å². The standard InChI is InChI=1S/C15H20F2N2O2.C5H9O2.Li/c1-3-15(16,17)11(2)12-8-13(14(20)18-9-12)10-19-4-6-21-7-5-19;1-5(2,3)7-4-6;/h8-9,11H,1-7,10H2,(H,18,20);1-3H3;/q-2;-1;+1. The molecule has 0 bridgehead atoms. The van der Waals surface area contributed by atoms with E-state index < -0.39 is 18.3 Å². The number of nitrogens with zero attached hydrogens (tertiary/aromatic N) is 1. The predicted molar refractivity (Wildman–Crippen MR) is 103 cm³/mol. The van der Waals surface area contributed by atoms with Gasteiger partial charge in [-0.3, -0.25) is 9.69 Å². The fraction of sp³-hybridized carbons (Fsp3) is 0.600. The third kappa shape index (κ3) is 9.90. The van der Waals surface area contributed by atoms with Crippen LogP contribution in [0.3, 0.4) is 0 Å². The minimum Gasteiger partial charge on any atom is -0.649 e. The van der Waals surface area contributed by atoms with Gasteiger partial charge in [-0.25, -0.2) is 8.78 Å².